The number of hydrogen-bond donors (Lipinski definition) is 1. The number of aliphatic hydroxyl groups is 1. The molecule has 14 heteroatoms. The molecule has 0 fully saturated rings. The van der Waals surface area contributed by atoms with E-state index in [1.807, 2.05) is 0 Å². The Morgan fingerprint density at radius 3 is 1.76 bits per heavy atom. The molecule has 46 heavy (non-hydrogen) atoms. The summed E-state index contributed by atoms with van der Waals surface area (Å²) in [7, 11) is 0. The number of halogens is 11. The van der Waals surface area contributed by atoms with Gasteiger partial charge in [0, 0.05) is 23.9 Å². The van der Waals surface area contributed by atoms with Crippen LogP contribution in [0.25, 0.3) is 0 Å². The van der Waals surface area contributed by atoms with E-state index >= 15 is 0 Å². The maximum atomic E-state index is 14.2. The van der Waals surface area contributed by atoms with Crippen LogP contribution < -0.4 is 9.64 Å². The molecule has 3 nitrogen and oxygen atoms in total. The third-order valence-corrected chi connectivity index (χ3v) is 6.96. The van der Waals surface area contributed by atoms with E-state index in [-0.39, 0.29) is 34.7 Å². The average molecular weight is 664 g/mol. The zero-order chi connectivity index (χ0) is 33.9. The first-order chi connectivity index (χ1) is 21.4. The maximum Gasteiger partial charge on any atom is 0.458 e. The molecule has 4 aromatic rings. The van der Waals surface area contributed by atoms with Gasteiger partial charge in [0.15, 0.2) is 0 Å². The highest BCUT2D eigenvalue weighted by atomic mass is 19.4. The van der Waals surface area contributed by atoms with E-state index < -0.39 is 60.3 Å². The van der Waals surface area contributed by atoms with Crippen molar-refractivity contribution in [2.24, 2.45) is 0 Å². The standard InChI is InChI=1S/C32H24F11NO2/c33-29(34,32(41,42)43)23-8-1-5-20(13-23)17-44(28(18-45)22-7-3-10-25(15-22)31(38,39)40)26-11-4-12-27(16-26)46-19-21-6-2-9-24(14-21)30(35,36)37/h1-16,28,45H,17-19H2. The van der Waals surface area contributed by atoms with Gasteiger partial charge in [-0.1, -0.05) is 48.5 Å². The Balaban J connectivity index is 1.73. The third-order valence-electron chi connectivity index (χ3n) is 6.96. The number of rotatable bonds is 10. The van der Waals surface area contributed by atoms with Crippen LogP contribution in [0.5, 0.6) is 5.75 Å². The second kappa shape index (κ2) is 13.2. The van der Waals surface area contributed by atoms with Crippen LogP contribution in [0.2, 0.25) is 0 Å². The lowest BCUT2D eigenvalue weighted by molar-refractivity contribution is -0.289. The van der Waals surface area contributed by atoms with Crippen LogP contribution >= 0.6 is 0 Å². The molecule has 0 saturated carbocycles. The summed E-state index contributed by atoms with van der Waals surface area (Å²) < 4.78 is 153. The van der Waals surface area contributed by atoms with Gasteiger partial charge in [0.25, 0.3) is 0 Å². The highest BCUT2D eigenvalue weighted by molar-refractivity contribution is 5.54. The Morgan fingerprint density at radius 1 is 0.609 bits per heavy atom. The van der Waals surface area contributed by atoms with Crippen LogP contribution in [0.4, 0.5) is 54.0 Å². The number of ether oxygens (including phenoxy) is 1. The normalized spacial score (nSPS) is 13.4. The van der Waals surface area contributed by atoms with Crippen LogP contribution in [-0.2, 0) is 31.4 Å². The SMILES string of the molecule is OCC(c1cccc(C(F)(F)F)c1)N(Cc1cccc(C(F)(F)C(F)(F)F)c1)c1cccc(OCc2cccc(C(F)(F)F)c2)c1. The van der Waals surface area contributed by atoms with Gasteiger partial charge in [-0.05, 0) is 59.2 Å². The van der Waals surface area contributed by atoms with E-state index in [4.69, 9.17) is 4.74 Å². The summed E-state index contributed by atoms with van der Waals surface area (Å²) in [4.78, 5) is 1.29. The van der Waals surface area contributed by atoms with Crippen molar-refractivity contribution in [1.82, 2.24) is 0 Å². The van der Waals surface area contributed by atoms with Crippen LogP contribution in [0.15, 0.2) is 97.1 Å². The second-order valence-corrected chi connectivity index (χ2v) is 10.2. The largest absolute Gasteiger partial charge is 0.489 e. The molecule has 1 unspecified atom stereocenters. The van der Waals surface area contributed by atoms with Crippen molar-refractivity contribution in [3.05, 3.63) is 130 Å². The van der Waals surface area contributed by atoms with Gasteiger partial charge in [-0.3, -0.25) is 0 Å². The molecule has 0 saturated heterocycles. The maximum absolute atomic E-state index is 14.2. The number of benzene rings is 4. The number of alkyl halides is 11. The Morgan fingerprint density at radius 2 is 1.15 bits per heavy atom. The van der Waals surface area contributed by atoms with Gasteiger partial charge in [-0.15, -0.1) is 0 Å². The highest BCUT2D eigenvalue weighted by Crippen LogP contribution is 2.44. The van der Waals surface area contributed by atoms with Gasteiger partial charge in [0.05, 0.1) is 23.8 Å². The monoisotopic (exact) mass is 663 g/mol. The van der Waals surface area contributed by atoms with Crippen LogP contribution in [0, 0.1) is 0 Å². The lowest BCUT2D eigenvalue weighted by atomic mass is 10.00. The van der Waals surface area contributed by atoms with E-state index in [1.54, 1.807) is 0 Å². The number of aliphatic hydroxyl groups excluding tert-OH is 1. The third kappa shape index (κ3) is 8.08. The molecule has 0 bridgehead atoms. The molecular weight excluding hydrogens is 639 g/mol. The van der Waals surface area contributed by atoms with Crippen molar-refractivity contribution in [1.29, 1.82) is 0 Å². The molecule has 0 aromatic heterocycles. The molecule has 246 valence electrons. The molecule has 1 N–H and O–H groups in total. The molecule has 0 radical (unpaired) electrons. The molecule has 4 rings (SSSR count). The summed E-state index contributed by atoms with van der Waals surface area (Å²) in [5, 5.41) is 10.4. The van der Waals surface area contributed by atoms with Crippen molar-refractivity contribution in [3.8, 4) is 5.75 Å². The van der Waals surface area contributed by atoms with Crippen LogP contribution in [-0.4, -0.2) is 17.9 Å². The Hall–Kier alpha value is -4.33. The zero-order valence-electron chi connectivity index (χ0n) is 23.4. The summed E-state index contributed by atoms with van der Waals surface area (Å²) >= 11 is 0. The molecule has 0 spiro atoms. The lowest BCUT2D eigenvalue weighted by Gasteiger charge is -2.34. The lowest BCUT2D eigenvalue weighted by Crippen LogP contribution is -2.34. The van der Waals surface area contributed by atoms with Gasteiger partial charge in [-0.25, -0.2) is 0 Å². The average Bonchev–Trinajstić information content (AvgIpc) is 2.99. The van der Waals surface area contributed by atoms with E-state index in [1.165, 1.54) is 53.4 Å². The van der Waals surface area contributed by atoms with Gasteiger partial charge < -0.3 is 14.7 Å². The van der Waals surface area contributed by atoms with E-state index in [0.29, 0.717) is 12.1 Å². The van der Waals surface area contributed by atoms with Crippen molar-refractivity contribution >= 4 is 5.69 Å². The van der Waals surface area contributed by atoms with E-state index in [0.717, 1.165) is 36.4 Å². The first-order valence-corrected chi connectivity index (χ1v) is 13.4. The highest BCUT2D eigenvalue weighted by Gasteiger charge is 2.58. The molecule has 1 atom stereocenters. The predicted octanol–water partition coefficient (Wildman–Crippen LogP) is 9.70. The zero-order valence-corrected chi connectivity index (χ0v) is 23.4. The fourth-order valence-corrected chi connectivity index (χ4v) is 4.67. The minimum Gasteiger partial charge on any atom is -0.489 e. The quantitative estimate of drug-likeness (QED) is 0.172. The molecule has 0 aliphatic rings. The molecule has 0 heterocycles. The van der Waals surface area contributed by atoms with Crippen LogP contribution in [0.1, 0.15) is 39.4 Å². The van der Waals surface area contributed by atoms with Crippen molar-refractivity contribution in [3.63, 3.8) is 0 Å². The molecular formula is C32H24F11NO2. The van der Waals surface area contributed by atoms with Gasteiger partial charge in [0.2, 0.25) is 0 Å². The summed E-state index contributed by atoms with van der Waals surface area (Å²) in [6.07, 6.45) is -15.3. The Kier molecular flexibility index (Phi) is 9.90. The smallest absolute Gasteiger partial charge is 0.458 e. The predicted molar refractivity (Wildman–Crippen MR) is 146 cm³/mol. The summed E-state index contributed by atoms with van der Waals surface area (Å²) in [5.74, 6) is -5.12. The number of anilines is 1. The van der Waals surface area contributed by atoms with E-state index in [9.17, 15) is 53.4 Å². The fourth-order valence-electron chi connectivity index (χ4n) is 4.67. The van der Waals surface area contributed by atoms with Crippen molar-refractivity contribution in [2.45, 2.75) is 43.6 Å². The topological polar surface area (TPSA) is 32.7 Å². The van der Waals surface area contributed by atoms with Gasteiger partial charge in [0.1, 0.15) is 12.4 Å². The van der Waals surface area contributed by atoms with Gasteiger partial charge >= 0.3 is 24.5 Å². The summed E-state index contributed by atoms with van der Waals surface area (Å²) in [5.41, 5.74) is -3.16. The minimum absolute atomic E-state index is 0.0515. The minimum atomic E-state index is -5.90. The number of hydrogen-bond acceptors (Lipinski definition) is 3. The molecule has 0 amide bonds. The Bertz CT molecular complexity index is 1630. The van der Waals surface area contributed by atoms with Crippen LogP contribution in [0.3, 0.4) is 0 Å². The first kappa shape index (κ1) is 34.5. The second-order valence-electron chi connectivity index (χ2n) is 10.2. The summed E-state index contributed by atoms with van der Waals surface area (Å²) in [6, 6.07) is 16.1. The molecule has 4 aromatic carbocycles. The molecule has 0 aliphatic heterocycles. The van der Waals surface area contributed by atoms with E-state index in [2.05, 4.69) is 0 Å². The number of nitrogens with zero attached hydrogens (tertiary/aromatic N) is 1. The van der Waals surface area contributed by atoms with Crippen molar-refractivity contribution < 1.29 is 58.1 Å². The molecule has 0 aliphatic carbocycles. The summed E-state index contributed by atoms with van der Waals surface area (Å²) in [6.45, 7) is -1.59. The van der Waals surface area contributed by atoms with Crippen molar-refractivity contribution in [2.75, 3.05) is 11.5 Å². The first-order valence-electron chi connectivity index (χ1n) is 13.4. The van der Waals surface area contributed by atoms with Gasteiger partial charge in [-0.2, -0.15) is 48.3 Å². The fraction of sp³-hybridized carbons (Fsp3) is 0.250. The Labute approximate surface area is 255 Å².